The normalized spacial score (nSPS) is 29.1. The third-order valence-corrected chi connectivity index (χ3v) is 3.54. The lowest BCUT2D eigenvalue weighted by Gasteiger charge is -2.46. The van der Waals surface area contributed by atoms with Gasteiger partial charge in [0.2, 0.25) is 0 Å². The topological polar surface area (TPSA) is 57.5 Å². The SMILES string of the molecule is CC(C)(C)C1=CC(C(=O)O)C=CC1(O)C(C)(C)C. The van der Waals surface area contributed by atoms with Gasteiger partial charge in [-0.15, -0.1) is 0 Å². The van der Waals surface area contributed by atoms with Crippen LogP contribution in [0.15, 0.2) is 23.8 Å². The molecule has 2 atom stereocenters. The molecule has 0 aromatic heterocycles. The number of carboxylic acid groups (broad SMARTS) is 1. The number of carboxylic acids is 1. The highest BCUT2D eigenvalue weighted by atomic mass is 16.4. The summed E-state index contributed by atoms with van der Waals surface area (Å²) in [6, 6.07) is 0. The van der Waals surface area contributed by atoms with Crippen molar-refractivity contribution in [3.8, 4) is 0 Å². The molecule has 0 aliphatic heterocycles. The number of rotatable bonds is 1. The third kappa shape index (κ3) is 2.51. The van der Waals surface area contributed by atoms with Gasteiger partial charge in [0.1, 0.15) is 5.60 Å². The second-order valence-electron chi connectivity index (χ2n) is 7.07. The van der Waals surface area contributed by atoms with Gasteiger partial charge < -0.3 is 10.2 Å². The van der Waals surface area contributed by atoms with E-state index in [0.29, 0.717) is 0 Å². The van der Waals surface area contributed by atoms with Crippen LogP contribution in [-0.2, 0) is 4.79 Å². The van der Waals surface area contributed by atoms with Crippen molar-refractivity contribution in [2.45, 2.75) is 47.1 Å². The first-order valence-electron chi connectivity index (χ1n) is 6.27. The number of hydrogen-bond acceptors (Lipinski definition) is 2. The first-order valence-corrected chi connectivity index (χ1v) is 6.27. The molecule has 0 aromatic rings. The summed E-state index contributed by atoms with van der Waals surface area (Å²) in [6.07, 6.45) is 4.91. The fourth-order valence-electron chi connectivity index (χ4n) is 2.32. The van der Waals surface area contributed by atoms with Gasteiger partial charge in [0.25, 0.3) is 0 Å². The van der Waals surface area contributed by atoms with Crippen LogP contribution in [0.1, 0.15) is 41.5 Å². The van der Waals surface area contributed by atoms with Crippen molar-refractivity contribution in [3.63, 3.8) is 0 Å². The largest absolute Gasteiger partial charge is 0.481 e. The van der Waals surface area contributed by atoms with Crippen molar-refractivity contribution < 1.29 is 15.0 Å². The Hall–Kier alpha value is -1.09. The first-order chi connectivity index (χ1) is 7.89. The van der Waals surface area contributed by atoms with Crippen LogP contribution in [0.4, 0.5) is 0 Å². The van der Waals surface area contributed by atoms with Crippen molar-refractivity contribution >= 4 is 5.97 Å². The third-order valence-electron chi connectivity index (χ3n) is 3.54. The Labute approximate surface area is 109 Å². The van der Waals surface area contributed by atoms with E-state index in [1.807, 2.05) is 41.5 Å². The molecule has 102 valence electrons. The lowest BCUT2D eigenvalue weighted by molar-refractivity contribution is -0.138. The van der Waals surface area contributed by atoms with Crippen LogP contribution in [0.5, 0.6) is 0 Å². The molecular weight excluding hydrogens is 228 g/mol. The minimum Gasteiger partial charge on any atom is -0.481 e. The van der Waals surface area contributed by atoms with Crippen molar-refractivity contribution in [1.29, 1.82) is 0 Å². The Morgan fingerprint density at radius 1 is 1.22 bits per heavy atom. The fraction of sp³-hybridized carbons (Fsp3) is 0.667. The zero-order chi connectivity index (χ0) is 14.4. The van der Waals surface area contributed by atoms with Crippen LogP contribution in [-0.4, -0.2) is 21.8 Å². The fourth-order valence-corrected chi connectivity index (χ4v) is 2.32. The summed E-state index contributed by atoms with van der Waals surface area (Å²) in [5.74, 6) is -1.54. The molecule has 0 spiro atoms. The molecule has 0 heterocycles. The molecule has 2 N–H and O–H groups in total. The van der Waals surface area contributed by atoms with Gasteiger partial charge in [-0.25, -0.2) is 0 Å². The lowest BCUT2D eigenvalue weighted by Crippen LogP contribution is -2.48. The molecule has 18 heavy (non-hydrogen) atoms. The molecule has 0 saturated heterocycles. The smallest absolute Gasteiger partial charge is 0.314 e. The lowest BCUT2D eigenvalue weighted by atomic mass is 9.62. The minimum absolute atomic E-state index is 0.277. The minimum atomic E-state index is -1.10. The number of hydrogen-bond donors (Lipinski definition) is 2. The van der Waals surface area contributed by atoms with Gasteiger partial charge in [-0.1, -0.05) is 59.8 Å². The number of aliphatic hydroxyl groups is 1. The van der Waals surface area contributed by atoms with E-state index in [0.717, 1.165) is 5.57 Å². The average Bonchev–Trinajstić information content (AvgIpc) is 2.14. The Morgan fingerprint density at radius 2 is 1.72 bits per heavy atom. The van der Waals surface area contributed by atoms with Gasteiger partial charge in [-0.2, -0.15) is 0 Å². The second-order valence-corrected chi connectivity index (χ2v) is 7.07. The summed E-state index contributed by atoms with van der Waals surface area (Å²) in [6.45, 7) is 11.9. The second kappa shape index (κ2) is 4.23. The highest BCUT2D eigenvalue weighted by Gasteiger charge is 2.47. The molecule has 1 aliphatic rings. The monoisotopic (exact) mass is 252 g/mol. The van der Waals surface area contributed by atoms with E-state index < -0.39 is 17.5 Å². The number of carbonyl (C=O) groups is 1. The van der Waals surface area contributed by atoms with E-state index in [1.165, 1.54) is 0 Å². The van der Waals surface area contributed by atoms with Crippen LogP contribution in [0.25, 0.3) is 0 Å². The average molecular weight is 252 g/mol. The molecule has 2 unspecified atom stereocenters. The molecule has 0 amide bonds. The first kappa shape index (κ1) is 15.0. The van der Waals surface area contributed by atoms with E-state index in [4.69, 9.17) is 5.11 Å². The summed E-state index contributed by atoms with van der Waals surface area (Å²) in [5, 5.41) is 20.1. The molecule has 0 bridgehead atoms. The van der Waals surface area contributed by atoms with Crippen molar-refractivity contribution in [2.24, 2.45) is 16.7 Å². The summed E-state index contributed by atoms with van der Waals surface area (Å²) < 4.78 is 0. The summed E-state index contributed by atoms with van der Waals surface area (Å²) in [5.41, 5.74) is -0.985. The summed E-state index contributed by atoms with van der Waals surface area (Å²) in [4.78, 5) is 11.1. The summed E-state index contributed by atoms with van der Waals surface area (Å²) >= 11 is 0. The van der Waals surface area contributed by atoms with Gasteiger partial charge in [-0.05, 0) is 16.4 Å². The van der Waals surface area contributed by atoms with Crippen molar-refractivity contribution in [3.05, 3.63) is 23.8 Å². The maximum Gasteiger partial charge on any atom is 0.314 e. The standard InChI is InChI=1S/C15H24O3/c1-13(2,3)11-9-10(12(16)17)7-8-15(11,18)14(4,5)6/h7-10,18H,1-6H3,(H,16,17). The van der Waals surface area contributed by atoms with E-state index in [1.54, 1.807) is 18.2 Å². The highest BCUT2D eigenvalue weighted by molar-refractivity contribution is 5.75. The molecule has 0 fully saturated rings. The Morgan fingerprint density at radius 3 is 2.06 bits per heavy atom. The van der Waals surface area contributed by atoms with Crippen molar-refractivity contribution in [1.82, 2.24) is 0 Å². The van der Waals surface area contributed by atoms with Crippen molar-refractivity contribution in [2.75, 3.05) is 0 Å². The summed E-state index contributed by atoms with van der Waals surface area (Å²) in [7, 11) is 0. The van der Waals surface area contributed by atoms with Crippen LogP contribution < -0.4 is 0 Å². The zero-order valence-corrected chi connectivity index (χ0v) is 12.1. The quantitative estimate of drug-likeness (QED) is 0.705. The molecule has 0 aromatic carbocycles. The molecule has 1 rings (SSSR count). The molecule has 0 radical (unpaired) electrons. The Balaban J connectivity index is 3.36. The van der Waals surface area contributed by atoms with E-state index in [2.05, 4.69) is 0 Å². The molecule has 1 aliphatic carbocycles. The zero-order valence-electron chi connectivity index (χ0n) is 12.1. The maximum absolute atomic E-state index is 11.1. The predicted octanol–water partition coefficient (Wildman–Crippen LogP) is 3.01. The van der Waals surface area contributed by atoms with Gasteiger partial charge in [0.05, 0.1) is 5.92 Å². The van der Waals surface area contributed by atoms with Gasteiger partial charge in [-0.3, -0.25) is 4.79 Å². The highest BCUT2D eigenvalue weighted by Crippen LogP contribution is 2.47. The van der Waals surface area contributed by atoms with E-state index >= 15 is 0 Å². The number of aliphatic carboxylic acids is 1. The molecule has 3 nitrogen and oxygen atoms in total. The van der Waals surface area contributed by atoms with Crippen LogP contribution in [0.3, 0.4) is 0 Å². The van der Waals surface area contributed by atoms with Crippen LogP contribution in [0, 0.1) is 16.7 Å². The Kier molecular flexibility index (Phi) is 3.52. The predicted molar refractivity (Wildman–Crippen MR) is 72.2 cm³/mol. The maximum atomic E-state index is 11.1. The van der Waals surface area contributed by atoms with Gasteiger partial charge in [0, 0.05) is 0 Å². The van der Waals surface area contributed by atoms with E-state index in [9.17, 15) is 9.90 Å². The van der Waals surface area contributed by atoms with Crippen LogP contribution >= 0.6 is 0 Å². The molecule has 0 saturated carbocycles. The van der Waals surface area contributed by atoms with Crippen LogP contribution in [0.2, 0.25) is 0 Å². The van der Waals surface area contributed by atoms with Gasteiger partial charge in [0.15, 0.2) is 0 Å². The molecule has 3 heteroatoms. The molecular formula is C15H24O3. The Bertz CT molecular complexity index is 404. The van der Waals surface area contributed by atoms with E-state index in [-0.39, 0.29) is 10.8 Å². The van der Waals surface area contributed by atoms with Gasteiger partial charge >= 0.3 is 5.97 Å².